The summed E-state index contributed by atoms with van der Waals surface area (Å²) in [6, 6.07) is 3.32. The van der Waals surface area contributed by atoms with Crippen molar-refractivity contribution in [3.8, 4) is 11.8 Å². The Bertz CT molecular complexity index is 593. The molecule has 0 radical (unpaired) electrons. The highest BCUT2D eigenvalue weighted by Gasteiger charge is 2.01. The number of halogens is 1. The number of fused-ring (bicyclic) bond motifs is 1. The second-order valence-corrected chi connectivity index (χ2v) is 3.07. The smallest absolute Gasteiger partial charge is 0.293 e. The van der Waals surface area contributed by atoms with Crippen LogP contribution in [0.5, 0.6) is 0 Å². The average Bonchev–Trinajstić information content (AvgIpc) is 2.57. The number of primary amides is 1. The number of aromatic nitrogens is 3. The van der Waals surface area contributed by atoms with Crippen molar-refractivity contribution in [1.29, 1.82) is 0 Å². The van der Waals surface area contributed by atoms with Gasteiger partial charge >= 0.3 is 0 Å². The number of nitrogens with two attached hydrogens (primary N) is 1. The quantitative estimate of drug-likeness (QED) is 0.646. The maximum atomic E-state index is 10.5. The Kier molecular flexibility index (Phi) is 2.27. The molecule has 0 saturated heterocycles. The summed E-state index contributed by atoms with van der Waals surface area (Å²) in [6.07, 6.45) is 1.49. The van der Waals surface area contributed by atoms with Crippen LogP contribution in [0.1, 0.15) is 5.69 Å². The van der Waals surface area contributed by atoms with Gasteiger partial charge in [-0.05, 0) is 18.1 Å². The van der Waals surface area contributed by atoms with E-state index >= 15 is 0 Å². The molecule has 0 unspecified atom stereocenters. The highest BCUT2D eigenvalue weighted by atomic mass is 35.5. The third-order valence-electron chi connectivity index (χ3n) is 1.64. The molecule has 0 atom stereocenters. The maximum Gasteiger partial charge on any atom is 0.293 e. The molecule has 2 heterocycles. The number of hydrogen-bond acceptors (Lipinski definition) is 3. The van der Waals surface area contributed by atoms with E-state index in [1.165, 1.54) is 10.7 Å². The third-order valence-corrected chi connectivity index (χ3v) is 1.85. The molecule has 0 aliphatic heterocycles. The van der Waals surface area contributed by atoms with Gasteiger partial charge in [0.2, 0.25) is 0 Å². The summed E-state index contributed by atoms with van der Waals surface area (Å²) < 4.78 is 1.44. The molecule has 1 amide bonds. The Labute approximate surface area is 89.9 Å². The van der Waals surface area contributed by atoms with E-state index in [9.17, 15) is 4.79 Å². The summed E-state index contributed by atoms with van der Waals surface area (Å²) >= 11 is 5.71. The van der Waals surface area contributed by atoms with Crippen LogP contribution < -0.4 is 5.73 Å². The van der Waals surface area contributed by atoms with Gasteiger partial charge < -0.3 is 5.73 Å². The lowest BCUT2D eigenvalue weighted by atomic mass is 10.4. The van der Waals surface area contributed by atoms with Crippen LogP contribution >= 0.6 is 11.6 Å². The van der Waals surface area contributed by atoms with Crippen LogP contribution in [0.25, 0.3) is 5.65 Å². The van der Waals surface area contributed by atoms with Gasteiger partial charge in [0, 0.05) is 5.92 Å². The van der Waals surface area contributed by atoms with Crippen LogP contribution in [0.3, 0.4) is 0 Å². The molecule has 2 aromatic rings. The number of hydrogen-bond donors (Lipinski definition) is 1. The molecule has 2 aromatic heterocycles. The molecule has 5 nitrogen and oxygen atoms in total. The van der Waals surface area contributed by atoms with Gasteiger partial charge in [0.15, 0.2) is 5.65 Å². The molecular formula is C9H5ClN4O. The molecular weight excluding hydrogens is 216 g/mol. The monoisotopic (exact) mass is 220 g/mol. The summed E-state index contributed by atoms with van der Waals surface area (Å²) in [5.41, 5.74) is 5.96. The fourth-order valence-corrected chi connectivity index (χ4v) is 1.20. The molecule has 0 aliphatic carbocycles. The van der Waals surface area contributed by atoms with Crippen molar-refractivity contribution >= 4 is 23.2 Å². The van der Waals surface area contributed by atoms with Crippen LogP contribution in [0, 0.1) is 11.8 Å². The first-order valence-corrected chi connectivity index (χ1v) is 4.36. The highest BCUT2D eigenvalue weighted by Crippen LogP contribution is 2.08. The minimum absolute atomic E-state index is 0.322. The zero-order valence-corrected chi connectivity index (χ0v) is 8.19. The minimum atomic E-state index is -0.702. The molecule has 0 aliphatic rings. The number of imidazole rings is 1. The number of amides is 1. The molecule has 0 bridgehead atoms. The van der Waals surface area contributed by atoms with E-state index in [2.05, 4.69) is 21.9 Å². The first kappa shape index (κ1) is 9.49. The molecule has 15 heavy (non-hydrogen) atoms. The van der Waals surface area contributed by atoms with Crippen molar-refractivity contribution < 1.29 is 4.79 Å². The lowest BCUT2D eigenvalue weighted by molar-refractivity contribution is -0.112. The fourth-order valence-electron chi connectivity index (χ4n) is 1.06. The zero-order chi connectivity index (χ0) is 10.8. The minimum Gasteiger partial charge on any atom is -0.359 e. The molecule has 0 aromatic carbocycles. The molecule has 74 valence electrons. The topological polar surface area (TPSA) is 73.3 Å². The standard InChI is InChI=1S/C9H5ClN4O/c10-7-2-4-9-12-5-6(14(9)13-7)1-3-8(11)15/h2,4-5H,(H2,11,15). The van der Waals surface area contributed by atoms with Crippen molar-refractivity contribution in [2.75, 3.05) is 0 Å². The summed E-state index contributed by atoms with van der Waals surface area (Å²) in [6.45, 7) is 0. The van der Waals surface area contributed by atoms with E-state index in [-0.39, 0.29) is 0 Å². The van der Waals surface area contributed by atoms with Gasteiger partial charge in [0.05, 0.1) is 6.20 Å². The van der Waals surface area contributed by atoms with Gasteiger partial charge in [-0.15, -0.1) is 0 Å². The Morgan fingerprint density at radius 1 is 1.53 bits per heavy atom. The summed E-state index contributed by atoms with van der Waals surface area (Å²) in [5, 5.41) is 4.30. The van der Waals surface area contributed by atoms with E-state index in [0.29, 0.717) is 16.5 Å². The van der Waals surface area contributed by atoms with Gasteiger partial charge in [-0.2, -0.15) is 5.10 Å². The highest BCUT2D eigenvalue weighted by molar-refractivity contribution is 6.29. The second-order valence-electron chi connectivity index (χ2n) is 2.68. The second kappa shape index (κ2) is 3.59. The molecule has 0 spiro atoms. The van der Waals surface area contributed by atoms with Crippen molar-refractivity contribution in [2.24, 2.45) is 5.73 Å². The number of carbonyl (C=O) groups is 1. The van der Waals surface area contributed by atoms with E-state index in [1.807, 2.05) is 0 Å². The summed E-state index contributed by atoms with van der Waals surface area (Å²) in [4.78, 5) is 14.5. The van der Waals surface area contributed by atoms with Crippen LogP contribution in [-0.4, -0.2) is 20.5 Å². The Hall–Kier alpha value is -2.06. The molecule has 2 N–H and O–H groups in total. The molecule has 0 fully saturated rings. The van der Waals surface area contributed by atoms with E-state index in [1.54, 1.807) is 12.1 Å². The fraction of sp³-hybridized carbons (Fsp3) is 0. The normalized spacial score (nSPS) is 9.67. The third kappa shape index (κ3) is 1.90. The van der Waals surface area contributed by atoms with Gasteiger partial charge in [-0.3, -0.25) is 4.79 Å². The Morgan fingerprint density at radius 2 is 2.33 bits per heavy atom. The van der Waals surface area contributed by atoms with E-state index in [0.717, 1.165) is 0 Å². The first-order chi connectivity index (χ1) is 7.16. The van der Waals surface area contributed by atoms with Crippen molar-refractivity contribution in [3.05, 3.63) is 29.2 Å². The lowest BCUT2D eigenvalue weighted by Crippen LogP contribution is -2.06. The van der Waals surface area contributed by atoms with E-state index < -0.39 is 5.91 Å². The summed E-state index contributed by atoms with van der Waals surface area (Å²) in [7, 11) is 0. The Morgan fingerprint density at radius 3 is 3.07 bits per heavy atom. The predicted octanol–water partition coefficient (Wildman–Crippen LogP) is 0.219. The van der Waals surface area contributed by atoms with Crippen molar-refractivity contribution in [2.45, 2.75) is 0 Å². The zero-order valence-electron chi connectivity index (χ0n) is 7.44. The number of rotatable bonds is 0. The number of nitrogens with zero attached hydrogens (tertiary/aromatic N) is 3. The summed E-state index contributed by atoms with van der Waals surface area (Å²) in [5.74, 6) is 4.05. The molecule has 6 heteroatoms. The van der Waals surface area contributed by atoms with Crippen LogP contribution in [-0.2, 0) is 4.79 Å². The van der Waals surface area contributed by atoms with Crippen LogP contribution in [0.2, 0.25) is 5.15 Å². The van der Waals surface area contributed by atoms with Gasteiger partial charge in [-0.25, -0.2) is 9.50 Å². The van der Waals surface area contributed by atoms with Gasteiger partial charge in [0.25, 0.3) is 5.91 Å². The largest absolute Gasteiger partial charge is 0.359 e. The Balaban J connectivity index is 2.59. The SMILES string of the molecule is NC(=O)C#Cc1cnc2ccc(Cl)nn12. The van der Waals surface area contributed by atoms with Crippen LogP contribution in [0.4, 0.5) is 0 Å². The predicted molar refractivity (Wildman–Crippen MR) is 54.1 cm³/mol. The molecule has 2 rings (SSSR count). The maximum absolute atomic E-state index is 10.5. The first-order valence-electron chi connectivity index (χ1n) is 3.98. The van der Waals surface area contributed by atoms with Crippen LogP contribution in [0.15, 0.2) is 18.3 Å². The van der Waals surface area contributed by atoms with E-state index in [4.69, 9.17) is 17.3 Å². The average molecular weight is 221 g/mol. The van der Waals surface area contributed by atoms with Gasteiger partial charge in [-0.1, -0.05) is 11.6 Å². The number of carbonyl (C=O) groups excluding carboxylic acids is 1. The van der Waals surface area contributed by atoms with Crippen molar-refractivity contribution in [3.63, 3.8) is 0 Å². The van der Waals surface area contributed by atoms with Crippen molar-refractivity contribution in [1.82, 2.24) is 14.6 Å². The molecule has 0 saturated carbocycles. The lowest BCUT2D eigenvalue weighted by Gasteiger charge is -1.93. The van der Waals surface area contributed by atoms with Gasteiger partial charge in [0.1, 0.15) is 10.8 Å².